The molecule has 6 aliphatic rings. The van der Waals surface area contributed by atoms with Crippen LogP contribution in [0.25, 0.3) is 17.2 Å². The first kappa shape index (κ1) is 24.1. The molecule has 8 rings (SSSR count). The van der Waals surface area contributed by atoms with Crippen LogP contribution in [-0.2, 0) is 19.7 Å². The lowest BCUT2D eigenvalue weighted by Crippen LogP contribution is -2.64. The Bertz CT molecular complexity index is 1360. The van der Waals surface area contributed by atoms with Gasteiger partial charge in [-0.05, 0) is 65.6 Å². The van der Waals surface area contributed by atoms with Gasteiger partial charge in [0.2, 0.25) is 0 Å². The fraction of sp³-hybridized carbons (Fsp3) is 0.433. The largest absolute Gasteiger partial charge is 0.496 e. The van der Waals surface area contributed by atoms with E-state index in [9.17, 15) is 9.59 Å². The molecule has 7 nitrogen and oxygen atoms in total. The maximum atomic E-state index is 12.8. The van der Waals surface area contributed by atoms with Crippen molar-refractivity contribution in [2.75, 3.05) is 53.0 Å². The number of amidine groups is 1. The summed E-state index contributed by atoms with van der Waals surface area (Å²) in [6, 6.07) is 14.8. The highest BCUT2D eigenvalue weighted by atomic mass is 32.2. The molecule has 0 spiro atoms. The van der Waals surface area contributed by atoms with Crippen LogP contribution in [0.1, 0.15) is 24.0 Å². The second kappa shape index (κ2) is 9.36. The third-order valence-corrected chi connectivity index (χ3v) is 9.79. The van der Waals surface area contributed by atoms with E-state index in [4.69, 9.17) is 9.47 Å². The Morgan fingerprint density at radius 1 is 1.05 bits per heavy atom. The maximum Gasteiger partial charge on any atom is 0.286 e. The van der Waals surface area contributed by atoms with Crippen molar-refractivity contribution in [3.05, 3.63) is 58.5 Å². The number of hydrogen-bond donors (Lipinski definition) is 0. The zero-order valence-electron chi connectivity index (χ0n) is 21.5. The first-order chi connectivity index (χ1) is 18.5. The van der Waals surface area contributed by atoms with Crippen LogP contribution in [0.4, 0.5) is 0 Å². The van der Waals surface area contributed by atoms with Crippen LogP contribution < -0.4 is 4.74 Å². The zero-order chi connectivity index (χ0) is 25.9. The summed E-state index contributed by atoms with van der Waals surface area (Å²) in [5.74, 6) is 1.48. The van der Waals surface area contributed by atoms with Crippen molar-refractivity contribution < 1.29 is 19.1 Å². The highest BCUT2D eigenvalue weighted by Crippen LogP contribution is 2.53. The average molecular weight is 530 g/mol. The third kappa shape index (κ3) is 4.10. The molecule has 0 radical (unpaired) electrons. The minimum atomic E-state index is -0.181. The lowest BCUT2D eigenvalue weighted by atomic mass is 9.56. The molecule has 2 unspecified atom stereocenters. The van der Waals surface area contributed by atoms with Gasteiger partial charge in [0.1, 0.15) is 11.5 Å². The Kier molecular flexibility index (Phi) is 5.94. The molecule has 1 saturated carbocycles. The molecule has 2 aromatic rings. The van der Waals surface area contributed by atoms with Gasteiger partial charge in [0.25, 0.3) is 5.91 Å². The molecule has 8 heteroatoms. The zero-order valence-corrected chi connectivity index (χ0v) is 22.3. The van der Waals surface area contributed by atoms with E-state index < -0.39 is 0 Å². The van der Waals surface area contributed by atoms with Crippen LogP contribution in [0.2, 0.25) is 0 Å². The summed E-state index contributed by atoms with van der Waals surface area (Å²) < 4.78 is 11.3. The number of ether oxygens (including phenoxy) is 2. The first-order valence-electron chi connectivity index (χ1n) is 13.4. The van der Waals surface area contributed by atoms with Crippen molar-refractivity contribution in [1.82, 2.24) is 9.80 Å². The summed E-state index contributed by atoms with van der Waals surface area (Å²) >= 11 is 1.44. The summed E-state index contributed by atoms with van der Waals surface area (Å²) in [6.45, 7) is 5.65. The molecule has 196 valence electrons. The van der Waals surface area contributed by atoms with Crippen LogP contribution in [0, 0.1) is 11.8 Å². The Labute approximate surface area is 226 Å². The lowest BCUT2D eigenvalue weighted by Gasteiger charge is -2.57. The predicted octanol–water partition coefficient (Wildman–Crippen LogP) is 3.83. The quantitative estimate of drug-likeness (QED) is 0.558. The van der Waals surface area contributed by atoms with Crippen LogP contribution >= 0.6 is 11.8 Å². The number of nitrogens with zero attached hydrogens (tertiary/aromatic N) is 3. The standard InChI is InChI=1S/C30H31N3O4S/c1-36-25-6-5-21(13-24(25)30-14-22-16-32(18-30)17-23(15-30)27(22)34)20-4-2-3-19(11-20)12-26-28(35)31-29(38-26)33-7-9-37-10-8-33/h2-6,11-13,22-23H,7-10,14-18H2,1H3. The second-order valence-electron chi connectivity index (χ2n) is 11.1. The van der Waals surface area contributed by atoms with Crippen LogP contribution in [-0.4, -0.2) is 79.7 Å². The maximum absolute atomic E-state index is 12.8. The smallest absolute Gasteiger partial charge is 0.286 e. The Morgan fingerprint density at radius 3 is 2.58 bits per heavy atom. The lowest BCUT2D eigenvalue weighted by molar-refractivity contribution is -0.145. The Balaban J connectivity index is 1.18. The number of aliphatic imine (C=N–C) groups is 1. The summed E-state index contributed by atoms with van der Waals surface area (Å²) in [5.41, 5.74) is 4.36. The number of ketones is 1. The molecule has 5 heterocycles. The fourth-order valence-electron chi connectivity index (χ4n) is 7.11. The highest BCUT2D eigenvalue weighted by molar-refractivity contribution is 8.18. The predicted molar refractivity (Wildman–Crippen MR) is 148 cm³/mol. The van der Waals surface area contributed by atoms with Gasteiger partial charge in [-0.1, -0.05) is 24.3 Å². The van der Waals surface area contributed by atoms with Crippen molar-refractivity contribution in [3.8, 4) is 16.9 Å². The van der Waals surface area contributed by atoms with E-state index in [1.54, 1.807) is 7.11 Å². The number of hydrogen-bond acceptors (Lipinski definition) is 7. The number of methoxy groups -OCH3 is 1. The Morgan fingerprint density at radius 2 is 1.82 bits per heavy atom. The van der Waals surface area contributed by atoms with Gasteiger partial charge in [0.15, 0.2) is 5.17 Å². The van der Waals surface area contributed by atoms with Crippen molar-refractivity contribution in [2.24, 2.45) is 16.8 Å². The van der Waals surface area contributed by atoms with E-state index in [2.05, 4.69) is 45.1 Å². The summed E-state index contributed by atoms with van der Waals surface area (Å²) in [4.78, 5) is 35.0. The molecule has 0 aromatic heterocycles. The second-order valence-corrected chi connectivity index (χ2v) is 12.1. The monoisotopic (exact) mass is 529 g/mol. The molecule has 4 saturated heterocycles. The molecular formula is C30H31N3O4S. The van der Waals surface area contributed by atoms with E-state index in [1.807, 2.05) is 18.2 Å². The minimum absolute atomic E-state index is 0.0409. The molecule has 38 heavy (non-hydrogen) atoms. The molecule has 0 N–H and O–H groups in total. The number of piperidine rings is 3. The van der Waals surface area contributed by atoms with Crippen LogP contribution in [0.5, 0.6) is 5.75 Å². The highest BCUT2D eigenvalue weighted by Gasteiger charge is 2.55. The third-order valence-electron chi connectivity index (χ3n) is 8.74. The number of carbonyl (C=O) groups excluding carboxylic acids is 2. The molecule has 2 atom stereocenters. The molecule has 2 aromatic carbocycles. The fourth-order valence-corrected chi connectivity index (χ4v) is 8.07. The number of morpholine rings is 1. The summed E-state index contributed by atoms with van der Waals surface area (Å²) in [5, 5.41) is 0.769. The van der Waals surface area contributed by atoms with E-state index in [0.717, 1.165) is 73.2 Å². The topological polar surface area (TPSA) is 71.4 Å². The number of carbonyl (C=O) groups is 2. The number of benzene rings is 2. The van der Waals surface area contributed by atoms with E-state index in [-0.39, 0.29) is 23.2 Å². The van der Waals surface area contributed by atoms with Crippen LogP contribution in [0.15, 0.2) is 52.4 Å². The van der Waals surface area contributed by atoms with E-state index in [1.165, 1.54) is 17.3 Å². The summed E-state index contributed by atoms with van der Waals surface area (Å²) in [6.07, 6.45) is 3.76. The van der Waals surface area contributed by atoms with Crippen LogP contribution in [0.3, 0.4) is 0 Å². The van der Waals surface area contributed by atoms with Crippen molar-refractivity contribution in [3.63, 3.8) is 0 Å². The normalized spacial score (nSPS) is 31.3. The van der Waals surface area contributed by atoms with Gasteiger partial charge < -0.3 is 19.3 Å². The van der Waals surface area contributed by atoms with Gasteiger partial charge in [-0.3, -0.25) is 9.59 Å². The van der Waals surface area contributed by atoms with Crippen molar-refractivity contribution in [2.45, 2.75) is 18.3 Å². The molecular weight excluding hydrogens is 498 g/mol. The molecule has 1 amide bonds. The van der Waals surface area contributed by atoms with E-state index >= 15 is 0 Å². The van der Waals surface area contributed by atoms with Gasteiger partial charge in [0.05, 0.1) is 25.2 Å². The molecule has 5 aliphatic heterocycles. The Hall–Kier alpha value is -2.94. The van der Waals surface area contributed by atoms with Gasteiger partial charge in [-0.15, -0.1) is 0 Å². The molecule has 5 fully saturated rings. The van der Waals surface area contributed by atoms with Gasteiger partial charge in [0, 0.05) is 55.5 Å². The summed E-state index contributed by atoms with van der Waals surface area (Å²) in [7, 11) is 1.74. The molecule has 1 aliphatic carbocycles. The number of Topliss-reactive ketones (excluding diaryl/α,β-unsaturated/α-hetero) is 1. The van der Waals surface area contributed by atoms with Gasteiger partial charge in [-0.2, -0.15) is 4.99 Å². The number of amides is 1. The number of rotatable bonds is 4. The SMILES string of the molecule is COc1ccc(-c2cccc(C=C3SC(N4CCOCC4)=NC3=O)c2)cc1C12CC3CN(CC(C1)C3=O)C2. The first-order valence-corrected chi connectivity index (χ1v) is 14.2. The van der Waals surface area contributed by atoms with E-state index in [0.29, 0.717) is 23.9 Å². The van der Waals surface area contributed by atoms with Gasteiger partial charge in [-0.25, -0.2) is 0 Å². The average Bonchev–Trinajstić information content (AvgIpc) is 3.31. The molecule has 4 bridgehead atoms. The van der Waals surface area contributed by atoms with Crippen molar-refractivity contribution in [1.29, 1.82) is 0 Å². The number of thioether (sulfide) groups is 1. The van der Waals surface area contributed by atoms with Crippen molar-refractivity contribution >= 4 is 34.7 Å². The minimum Gasteiger partial charge on any atom is -0.496 e. The van der Waals surface area contributed by atoms with Gasteiger partial charge >= 0.3 is 0 Å².